The van der Waals surface area contributed by atoms with Crippen LogP contribution in [0.15, 0.2) is 254 Å². The Labute approximate surface area is 411 Å². The lowest BCUT2D eigenvalue weighted by atomic mass is 9.93. The quantitative estimate of drug-likeness (QED) is 0.112. The van der Waals surface area contributed by atoms with Gasteiger partial charge < -0.3 is 20.2 Å². The maximum atomic E-state index is 9.05. The fourth-order valence-corrected chi connectivity index (χ4v) is 11.1. The van der Waals surface area contributed by atoms with Crippen LogP contribution in [0.5, 0.6) is 0 Å². The number of nitrogens with one attached hydrogen (secondary N) is 2. The second kappa shape index (κ2) is 18.2. The Morgan fingerprint density at radius 2 is 1.16 bits per heavy atom. The summed E-state index contributed by atoms with van der Waals surface area (Å²) in [6, 6.07) is 70.6. The molecule has 1 aliphatic heterocycles. The van der Waals surface area contributed by atoms with Crippen LogP contribution in [-0.4, -0.2) is 16.6 Å². The van der Waals surface area contributed by atoms with Crippen molar-refractivity contribution in [2.75, 3.05) is 10.2 Å². The number of para-hydroxylation sites is 2. The van der Waals surface area contributed by atoms with Crippen molar-refractivity contribution in [2.45, 2.75) is 0 Å². The topological polar surface area (TPSA) is 56.4 Å². The lowest BCUT2D eigenvalue weighted by Gasteiger charge is -2.30. The van der Waals surface area contributed by atoms with Crippen molar-refractivity contribution in [3.63, 3.8) is 0 Å². The van der Waals surface area contributed by atoms with Crippen molar-refractivity contribution in [3.05, 3.63) is 266 Å². The van der Waals surface area contributed by atoms with Gasteiger partial charge in [-0.25, -0.2) is 4.99 Å². The van der Waals surface area contributed by atoms with Crippen molar-refractivity contribution in [1.29, 1.82) is 5.41 Å². The minimum atomic E-state index is 0.416. The number of rotatable bonds is 9. The highest BCUT2D eigenvalue weighted by molar-refractivity contribution is 7.26. The molecule has 3 heterocycles. The molecule has 12 rings (SSSR count). The van der Waals surface area contributed by atoms with Crippen molar-refractivity contribution < 1.29 is 0 Å². The van der Waals surface area contributed by atoms with E-state index in [1.54, 1.807) is 17.7 Å². The predicted octanol–water partition coefficient (Wildman–Crippen LogP) is 17.4. The van der Waals surface area contributed by atoms with Gasteiger partial charge in [0.15, 0.2) is 0 Å². The van der Waals surface area contributed by atoms with Crippen LogP contribution in [-0.2, 0) is 0 Å². The average Bonchev–Trinajstić information content (AvgIpc) is 4.02. The van der Waals surface area contributed by atoms with Crippen LogP contribution < -0.4 is 10.2 Å². The first kappa shape index (κ1) is 42.3. The first-order chi connectivity index (χ1) is 34.6. The van der Waals surface area contributed by atoms with Crippen LogP contribution in [0.2, 0.25) is 0 Å². The maximum Gasteiger partial charge on any atom is 0.0931 e. The molecule has 0 radical (unpaired) electrons. The van der Waals surface area contributed by atoms with E-state index in [9.17, 15) is 0 Å². The molecule has 10 aromatic rings. The Bertz CT molecular complexity index is 3810. The fourth-order valence-electron chi connectivity index (χ4n) is 9.72. The van der Waals surface area contributed by atoms with Crippen molar-refractivity contribution >= 4 is 83.7 Å². The molecule has 0 atom stereocenters. The molecule has 2 N–H and O–H groups in total. The van der Waals surface area contributed by atoms with Crippen LogP contribution in [0.4, 0.5) is 22.7 Å². The van der Waals surface area contributed by atoms with E-state index in [2.05, 4.69) is 228 Å². The molecule has 2 aromatic heterocycles. The number of thiophene rings is 1. The van der Waals surface area contributed by atoms with Crippen molar-refractivity contribution in [1.82, 2.24) is 4.57 Å². The molecule has 0 bridgehead atoms. The molecular weight excluding hydrogens is 871 g/mol. The largest absolute Gasteiger partial charge is 0.346 e. The van der Waals surface area contributed by atoms with E-state index in [0.717, 1.165) is 89.1 Å². The van der Waals surface area contributed by atoms with E-state index in [4.69, 9.17) is 10.4 Å². The molecule has 0 saturated carbocycles. The van der Waals surface area contributed by atoms with E-state index in [0.29, 0.717) is 5.71 Å². The standard InChI is InChI=1S/C64H45N5S/c1-43-32-36-60-61(38-39-68(60)48-22-10-4-11-23-48)69(49-24-12-5-13-25-49)59-37-34-47(40-55(43)59)46-33-35-58(56(41-46)45-20-8-3-9-21-45)66-42-67-62(53-26-14-15-31-57(53)65)54-30-17-29-52-51-28-16-27-50(63(51)70-64(52)54)44-18-6-2-7-19-44/h2-42,65H,1H2,(H,66,67)/b36-32-,62-53-,65-57?. The summed E-state index contributed by atoms with van der Waals surface area (Å²) in [6.07, 6.45) is 16.0. The Morgan fingerprint density at radius 1 is 0.529 bits per heavy atom. The number of fused-ring (bicyclic) bond motifs is 5. The summed E-state index contributed by atoms with van der Waals surface area (Å²) in [6.45, 7) is 4.64. The molecule has 0 unspecified atom stereocenters. The summed E-state index contributed by atoms with van der Waals surface area (Å²) in [5.41, 5.74) is 17.8. The minimum Gasteiger partial charge on any atom is -0.346 e. The SMILES string of the molecule is C=C1/C=C\c2c(ccn2-c2ccccc2)N(c2ccccc2)c2ccc(-c3ccc(N/C=N/C(=C4/C=CC=CC4=N)c4cccc5c4sc4c(-c6ccccc6)cccc45)c(-c4ccccc4)c3)cc21. The predicted molar refractivity (Wildman–Crippen MR) is 299 cm³/mol. The molecule has 332 valence electrons. The van der Waals surface area contributed by atoms with Crippen LogP contribution in [0, 0.1) is 5.41 Å². The molecule has 2 aliphatic rings. The van der Waals surface area contributed by atoms with Crippen molar-refractivity contribution in [3.8, 4) is 39.1 Å². The summed E-state index contributed by atoms with van der Waals surface area (Å²) in [5.74, 6) is 0. The third-order valence-electron chi connectivity index (χ3n) is 13.1. The van der Waals surface area contributed by atoms with Gasteiger partial charge in [-0.1, -0.05) is 176 Å². The van der Waals surface area contributed by atoms with Crippen LogP contribution in [0.25, 0.3) is 76.6 Å². The molecule has 1 aliphatic carbocycles. The van der Waals surface area contributed by atoms with E-state index in [1.807, 2.05) is 36.4 Å². The second-order valence-corrected chi connectivity index (χ2v) is 18.3. The maximum absolute atomic E-state index is 9.05. The Balaban J connectivity index is 0.930. The first-order valence-electron chi connectivity index (χ1n) is 23.4. The second-order valence-electron chi connectivity index (χ2n) is 17.3. The number of allylic oxidation sites excluding steroid dienone is 7. The van der Waals surface area contributed by atoms with Gasteiger partial charge in [-0.05, 0) is 100 Å². The normalized spacial score (nSPS) is 14.4. The number of nitrogens with zero attached hydrogens (tertiary/aromatic N) is 3. The molecule has 6 heteroatoms. The van der Waals surface area contributed by atoms with Crippen molar-refractivity contribution in [2.24, 2.45) is 4.99 Å². The highest BCUT2D eigenvalue weighted by Gasteiger charge is 2.25. The van der Waals surface area contributed by atoms with Gasteiger partial charge in [-0.2, -0.15) is 0 Å². The van der Waals surface area contributed by atoms with E-state index >= 15 is 0 Å². The van der Waals surface area contributed by atoms with Crippen LogP contribution in [0.3, 0.4) is 0 Å². The number of hydrogen-bond acceptors (Lipinski definition) is 4. The summed E-state index contributed by atoms with van der Waals surface area (Å²) in [4.78, 5) is 7.57. The minimum absolute atomic E-state index is 0.416. The van der Waals surface area contributed by atoms with E-state index in [1.165, 1.54) is 26.6 Å². The lowest BCUT2D eigenvalue weighted by molar-refractivity contribution is 1.06. The molecule has 8 aromatic carbocycles. The van der Waals surface area contributed by atoms with E-state index < -0.39 is 0 Å². The monoisotopic (exact) mass is 915 g/mol. The third-order valence-corrected chi connectivity index (χ3v) is 14.4. The molecule has 70 heavy (non-hydrogen) atoms. The summed E-state index contributed by atoms with van der Waals surface area (Å²) < 4.78 is 4.61. The summed E-state index contributed by atoms with van der Waals surface area (Å²) >= 11 is 1.79. The summed E-state index contributed by atoms with van der Waals surface area (Å²) in [7, 11) is 0. The Morgan fingerprint density at radius 3 is 1.89 bits per heavy atom. The Kier molecular flexibility index (Phi) is 11.0. The zero-order valence-corrected chi connectivity index (χ0v) is 38.9. The Hall–Kier alpha value is -9.10. The van der Waals surface area contributed by atoms with Gasteiger partial charge in [0.25, 0.3) is 0 Å². The first-order valence-corrected chi connectivity index (χ1v) is 24.2. The number of benzene rings is 8. The van der Waals surface area contributed by atoms with Gasteiger partial charge in [0.1, 0.15) is 0 Å². The van der Waals surface area contributed by atoms with Gasteiger partial charge in [-0.3, -0.25) is 0 Å². The highest BCUT2D eigenvalue weighted by atomic mass is 32.1. The summed E-state index contributed by atoms with van der Waals surface area (Å²) in [5, 5.41) is 15.0. The van der Waals surface area contributed by atoms with Gasteiger partial charge in [0.05, 0.1) is 34.8 Å². The number of anilines is 4. The molecule has 5 nitrogen and oxygen atoms in total. The van der Waals surface area contributed by atoms with E-state index in [-0.39, 0.29) is 0 Å². The number of hydrogen-bond donors (Lipinski definition) is 2. The molecule has 0 saturated heterocycles. The smallest absolute Gasteiger partial charge is 0.0931 e. The molecular formula is C64H45N5S. The van der Waals surface area contributed by atoms with Gasteiger partial charge in [0, 0.05) is 65.7 Å². The molecule has 0 fully saturated rings. The zero-order chi connectivity index (χ0) is 47.0. The average molecular weight is 916 g/mol. The molecule has 0 spiro atoms. The van der Waals surface area contributed by atoms with Gasteiger partial charge in [0.2, 0.25) is 0 Å². The van der Waals surface area contributed by atoms with Gasteiger partial charge in [-0.15, -0.1) is 11.3 Å². The zero-order valence-electron chi connectivity index (χ0n) is 38.1. The van der Waals surface area contributed by atoms with Crippen LogP contribution >= 0.6 is 11.3 Å². The third kappa shape index (κ3) is 7.72. The molecule has 0 amide bonds. The number of aromatic nitrogens is 1. The number of aliphatic imine (C=N–C) groups is 1. The lowest BCUT2D eigenvalue weighted by Crippen LogP contribution is -2.14. The fraction of sp³-hybridized carbons (Fsp3) is 0. The highest BCUT2D eigenvalue weighted by Crippen LogP contribution is 2.47. The van der Waals surface area contributed by atoms with Crippen LogP contribution in [0.1, 0.15) is 16.8 Å². The van der Waals surface area contributed by atoms with Gasteiger partial charge >= 0.3 is 0 Å².